The minimum absolute atomic E-state index is 0.269. The lowest BCUT2D eigenvalue weighted by Gasteiger charge is -2.19. The predicted molar refractivity (Wildman–Crippen MR) is 101 cm³/mol. The molecule has 0 saturated carbocycles. The maximum Gasteiger partial charge on any atom is 0.252 e. The molecule has 7 nitrogen and oxygen atoms in total. The Morgan fingerprint density at radius 3 is 2.37 bits per heavy atom. The summed E-state index contributed by atoms with van der Waals surface area (Å²) in [6.45, 7) is 1.05. The van der Waals surface area contributed by atoms with Crippen LogP contribution in [0.3, 0.4) is 0 Å². The number of benzene rings is 2. The van der Waals surface area contributed by atoms with Crippen molar-refractivity contribution in [2.75, 3.05) is 13.7 Å². The van der Waals surface area contributed by atoms with Crippen molar-refractivity contribution in [2.24, 2.45) is 5.73 Å². The SMILES string of the molecule is COc1cc(C(=O)N[C@H](C(=O)CO)[C@@H](C)O)ccc1-c1ccc(CN)cc1. The van der Waals surface area contributed by atoms with Crippen LogP contribution in [0.25, 0.3) is 11.1 Å². The number of carbonyl (C=O) groups excluding carboxylic acids is 2. The zero-order valence-electron chi connectivity index (χ0n) is 15.3. The van der Waals surface area contributed by atoms with Gasteiger partial charge >= 0.3 is 0 Å². The Kier molecular flexibility index (Phi) is 7.06. The summed E-state index contributed by atoms with van der Waals surface area (Å²) in [4.78, 5) is 24.1. The van der Waals surface area contributed by atoms with Crippen LogP contribution in [0.1, 0.15) is 22.8 Å². The lowest BCUT2D eigenvalue weighted by molar-refractivity contribution is -0.125. The van der Waals surface area contributed by atoms with E-state index >= 15 is 0 Å². The zero-order valence-corrected chi connectivity index (χ0v) is 15.3. The Hall–Kier alpha value is -2.74. The molecular weight excluding hydrogens is 348 g/mol. The molecule has 5 N–H and O–H groups in total. The number of nitrogens with two attached hydrogens (primary N) is 1. The van der Waals surface area contributed by atoms with E-state index in [0.717, 1.165) is 16.7 Å². The van der Waals surface area contributed by atoms with Gasteiger partial charge < -0.3 is 26.0 Å². The molecule has 2 atom stereocenters. The number of ketones is 1. The van der Waals surface area contributed by atoms with Crippen molar-refractivity contribution in [2.45, 2.75) is 25.6 Å². The molecule has 2 rings (SSSR count). The summed E-state index contributed by atoms with van der Waals surface area (Å²) in [5.41, 5.74) is 8.60. The summed E-state index contributed by atoms with van der Waals surface area (Å²) in [6.07, 6.45) is -1.13. The Labute approximate surface area is 157 Å². The lowest BCUT2D eigenvalue weighted by Crippen LogP contribution is -2.48. The molecule has 0 heterocycles. The van der Waals surface area contributed by atoms with E-state index in [1.54, 1.807) is 18.2 Å². The third-order valence-corrected chi connectivity index (χ3v) is 4.24. The highest BCUT2D eigenvalue weighted by atomic mass is 16.5. The van der Waals surface area contributed by atoms with Gasteiger partial charge in [0.15, 0.2) is 5.78 Å². The first kappa shape index (κ1) is 20.6. The first-order chi connectivity index (χ1) is 12.9. The number of hydrogen-bond donors (Lipinski definition) is 4. The van der Waals surface area contributed by atoms with Crippen LogP contribution in [0.4, 0.5) is 0 Å². The Balaban J connectivity index is 2.28. The largest absolute Gasteiger partial charge is 0.496 e. The first-order valence-electron chi connectivity index (χ1n) is 8.51. The van der Waals surface area contributed by atoms with Gasteiger partial charge in [-0.05, 0) is 36.2 Å². The second kappa shape index (κ2) is 9.27. The highest BCUT2D eigenvalue weighted by Gasteiger charge is 2.25. The molecule has 0 aliphatic heterocycles. The van der Waals surface area contributed by atoms with Gasteiger partial charge in [-0.2, -0.15) is 0 Å². The lowest BCUT2D eigenvalue weighted by atomic mass is 10.0. The van der Waals surface area contributed by atoms with E-state index in [0.29, 0.717) is 12.3 Å². The Morgan fingerprint density at radius 2 is 1.85 bits per heavy atom. The van der Waals surface area contributed by atoms with Gasteiger partial charge in [0.25, 0.3) is 5.91 Å². The highest BCUT2D eigenvalue weighted by Crippen LogP contribution is 2.31. The molecule has 0 saturated heterocycles. The van der Waals surface area contributed by atoms with Crippen LogP contribution < -0.4 is 15.8 Å². The molecule has 0 aliphatic rings. The van der Waals surface area contributed by atoms with Gasteiger partial charge in [0.05, 0.1) is 13.2 Å². The fraction of sp³-hybridized carbons (Fsp3) is 0.300. The molecule has 0 spiro atoms. The van der Waals surface area contributed by atoms with E-state index in [1.165, 1.54) is 14.0 Å². The number of methoxy groups -OCH3 is 1. The normalized spacial score (nSPS) is 12.9. The minimum Gasteiger partial charge on any atom is -0.496 e. The molecule has 144 valence electrons. The minimum atomic E-state index is -1.18. The number of ether oxygens (including phenoxy) is 1. The van der Waals surface area contributed by atoms with Crippen molar-refractivity contribution < 1.29 is 24.5 Å². The van der Waals surface area contributed by atoms with Crippen molar-refractivity contribution in [3.05, 3.63) is 53.6 Å². The summed E-state index contributed by atoms with van der Waals surface area (Å²) in [5.74, 6) is -0.724. The van der Waals surface area contributed by atoms with Gasteiger partial charge in [0.1, 0.15) is 18.4 Å². The second-order valence-electron chi connectivity index (χ2n) is 6.13. The van der Waals surface area contributed by atoms with E-state index in [4.69, 9.17) is 15.6 Å². The van der Waals surface area contributed by atoms with Gasteiger partial charge in [-0.1, -0.05) is 24.3 Å². The van der Waals surface area contributed by atoms with Crippen LogP contribution in [0.2, 0.25) is 0 Å². The number of hydrogen-bond acceptors (Lipinski definition) is 6. The smallest absolute Gasteiger partial charge is 0.252 e. The average molecular weight is 372 g/mol. The van der Waals surface area contributed by atoms with Gasteiger partial charge in [0.2, 0.25) is 0 Å². The van der Waals surface area contributed by atoms with Crippen molar-refractivity contribution >= 4 is 11.7 Å². The standard InChI is InChI=1S/C20H24N2O5/c1-12(24)19(17(25)11-23)22-20(26)15-7-8-16(18(9-15)27-2)14-5-3-13(10-21)4-6-14/h3-9,12,19,23-24H,10-11,21H2,1-2H3,(H,22,26)/t12-,19+/m1/s1. The van der Waals surface area contributed by atoms with Crippen molar-refractivity contribution in [3.63, 3.8) is 0 Å². The molecule has 27 heavy (non-hydrogen) atoms. The van der Waals surface area contributed by atoms with Gasteiger partial charge in [0, 0.05) is 17.7 Å². The van der Waals surface area contributed by atoms with Crippen molar-refractivity contribution in [3.8, 4) is 16.9 Å². The molecule has 0 radical (unpaired) electrons. The molecule has 0 aromatic heterocycles. The fourth-order valence-corrected chi connectivity index (χ4v) is 2.68. The summed E-state index contributed by atoms with van der Waals surface area (Å²) >= 11 is 0. The highest BCUT2D eigenvalue weighted by molar-refractivity contribution is 5.99. The summed E-state index contributed by atoms with van der Waals surface area (Å²) in [7, 11) is 1.50. The van der Waals surface area contributed by atoms with Crippen LogP contribution in [0.5, 0.6) is 5.75 Å². The van der Waals surface area contributed by atoms with Gasteiger partial charge in [-0.3, -0.25) is 9.59 Å². The molecular formula is C20H24N2O5. The van der Waals surface area contributed by atoms with Gasteiger partial charge in [-0.25, -0.2) is 0 Å². The summed E-state index contributed by atoms with van der Waals surface area (Å²) < 4.78 is 5.41. The van der Waals surface area contributed by atoms with E-state index in [9.17, 15) is 14.7 Å². The zero-order chi connectivity index (χ0) is 20.0. The van der Waals surface area contributed by atoms with Crippen molar-refractivity contribution in [1.29, 1.82) is 0 Å². The average Bonchev–Trinajstić information content (AvgIpc) is 2.70. The molecule has 0 unspecified atom stereocenters. The fourth-order valence-electron chi connectivity index (χ4n) is 2.68. The third-order valence-electron chi connectivity index (χ3n) is 4.24. The van der Waals surface area contributed by atoms with E-state index in [1.807, 2.05) is 24.3 Å². The maximum atomic E-state index is 12.5. The number of Topliss-reactive ketones (excluding diaryl/α,β-unsaturated/α-hetero) is 1. The summed E-state index contributed by atoms with van der Waals surface area (Å²) in [6, 6.07) is 11.4. The molecule has 0 fully saturated rings. The predicted octanol–water partition coefficient (Wildman–Crippen LogP) is 0.861. The monoisotopic (exact) mass is 372 g/mol. The third kappa shape index (κ3) is 4.91. The van der Waals surface area contributed by atoms with Crippen LogP contribution in [0.15, 0.2) is 42.5 Å². The Morgan fingerprint density at radius 1 is 1.19 bits per heavy atom. The van der Waals surface area contributed by atoms with Crippen LogP contribution in [-0.2, 0) is 11.3 Å². The number of amides is 1. The molecule has 0 bridgehead atoms. The topological polar surface area (TPSA) is 122 Å². The molecule has 0 aliphatic carbocycles. The van der Waals surface area contributed by atoms with Crippen LogP contribution >= 0.6 is 0 Å². The number of carbonyl (C=O) groups is 2. The van der Waals surface area contributed by atoms with E-state index < -0.39 is 30.4 Å². The van der Waals surface area contributed by atoms with Crippen LogP contribution in [-0.4, -0.2) is 47.8 Å². The Bertz CT molecular complexity index is 803. The second-order valence-corrected chi connectivity index (χ2v) is 6.13. The maximum absolute atomic E-state index is 12.5. The quantitative estimate of drug-likeness (QED) is 0.545. The molecule has 2 aromatic carbocycles. The van der Waals surface area contributed by atoms with E-state index in [-0.39, 0.29) is 5.56 Å². The number of rotatable bonds is 8. The molecule has 2 aromatic rings. The first-order valence-corrected chi connectivity index (χ1v) is 8.51. The van der Waals surface area contributed by atoms with E-state index in [2.05, 4.69) is 5.32 Å². The number of nitrogens with one attached hydrogen (secondary N) is 1. The van der Waals surface area contributed by atoms with Gasteiger partial charge in [-0.15, -0.1) is 0 Å². The molecule has 1 amide bonds. The summed E-state index contributed by atoms with van der Waals surface area (Å²) in [5, 5.41) is 21.1. The van der Waals surface area contributed by atoms with Crippen LogP contribution in [0, 0.1) is 0 Å². The van der Waals surface area contributed by atoms with Crippen molar-refractivity contribution in [1.82, 2.24) is 5.32 Å². The molecule has 7 heteroatoms. The number of aliphatic hydroxyl groups excluding tert-OH is 2. The number of aliphatic hydroxyl groups is 2.